The molecule has 0 saturated carbocycles. The Morgan fingerprint density at radius 3 is 2.82 bits per heavy atom. The second-order valence-electron chi connectivity index (χ2n) is 5.91. The topological polar surface area (TPSA) is 44.3 Å². The van der Waals surface area contributed by atoms with Gasteiger partial charge < -0.3 is 15.7 Å². The summed E-state index contributed by atoms with van der Waals surface area (Å²) in [7, 11) is 0. The van der Waals surface area contributed by atoms with Gasteiger partial charge in [-0.15, -0.1) is 0 Å². The maximum Gasteiger partial charge on any atom is 0.0743 e. The van der Waals surface area contributed by atoms with Gasteiger partial charge in [0.2, 0.25) is 0 Å². The van der Waals surface area contributed by atoms with E-state index >= 15 is 0 Å². The van der Waals surface area contributed by atoms with Crippen molar-refractivity contribution < 1.29 is 5.11 Å². The van der Waals surface area contributed by atoms with Crippen LogP contribution in [0.5, 0.6) is 0 Å². The van der Waals surface area contributed by atoms with Crippen LogP contribution in [-0.4, -0.2) is 35.9 Å². The molecule has 0 amide bonds. The summed E-state index contributed by atoms with van der Waals surface area (Å²) in [4.78, 5) is 0. The lowest BCUT2D eigenvalue weighted by Gasteiger charge is -2.29. The van der Waals surface area contributed by atoms with E-state index in [1.165, 1.54) is 32.2 Å². The van der Waals surface area contributed by atoms with Crippen molar-refractivity contribution in [2.45, 2.75) is 77.0 Å². The maximum absolute atomic E-state index is 10.1. The predicted octanol–water partition coefficient (Wildman–Crippen LogP) is 2.05. The van der Waals surface area contributed by atoms with E-state index in [2.05, 4.69) is 24.5 Å². The molecule has 1 saturated heterocycles. The number of hydrogen-bond acceptors (Lipinski definition) is 3. The van der Waals surface area contributed by atoms with Gasteiger partial charge in [0.1, 0.15) is 0 Å². The third-order valence-corrected chi connectivity index (χ3v) is 3.67. The lowest BCUT2D eigenvalue weighted by atomic mass is 9.97. The largest absolute Gasteiger partial charge is 0.389 e. The molecule has 0 radical (unpaired) electrons. The Kier molecular flexibility index (Phi) is 6.45. The normalized spacial score (nSPS) is 26.5. The van der Waals surface area contributed by atoms with Crippen molar-refractivity contribution in [1.82, 2.24) is 10.6 Å². The van der Waals surface area contributed by atoms with Crippen LogP contribution in [0.2, 0.25) is 0 Å². The summed E-state index contributed by atoms with van der Waals surface area (Å²) in [5, 5.41) is 17.1. The molecule has 0 aromatic carbocycles. The molecule has 3 unspecified atom stereocenters. The summed E-state index contributed by atoms with van der Waals surface area (Å²) < 4.78 is 0. The first-order valence-electron chi connectivity index (χ1n) is 7.22. The summed E-state index contributed by atoms with van der Waals surface area (Å²) in [6, 6.07) is 1.15. The quantitative estimate of drug-likeness (QED) is 0.640. The van der Waals surface area contributed by atoms with E-state index in [9.17, 15) is 5.11 Å². The molecular weight excluding hydrogens is 212 g/mol. The van der Waals surface area contributed by atoms with Crippen molar-refractivity contribution in [3.05, 3.63) is 0 Å². The average molecular weight is 242 g/mol. The van der Waals surface area contributed by atoms with Crippen LogP contribution in [0.15, 0.2) is 0 Å². The number of rotatable bonds is 7. The predicted molar refractivity (Wildman–Crippen MR) is 73.3 cm³/mol. The van der Waals surface area contributed by atoms with Crippen molar-refractivity contribution in [2.75, 3.05) is 13.1 Å². The van der Waals surface area contributed by atoms with Crippen molar-refractivity contribution >= 4 is 0 Å². The van der Waals surface area contributed by atoms with E-state index in [-0.39, 0.29) is 0 Å². The number of nitrogens with one attached hydrogen (secondary N) is 2. The molecule has 1 heterocycles. The van der Waals surface area contributed by atoms with E-state index in [1.807, 2.05) is 6.92 Å². The molecule has 3 nitrogen and oxygen atoms in total. The van der Waals surface area contributed by atoms with Crippen molar-refractivity contribution in [3.8, 4) is 0 Å². The van der Waals surface area contributed by atoms with Gasteiger partial charge in [-0.1, -0.05) is 19.8 Å². The van der Waals surface area contributed by atoms with Crippen LogP contribution in [-0.2, 0) is 0 Å². The molecule has 0 aromatic heterocycles. The molecular formula is C14H30N2O. The molecule has 102 valence electrons. The summed E-state index contributed by atoms with van der Waals surface area (Å²) in [6.45, 7) is 8.14. The van der Waals surface area contributed by atoms with Crippen molar-refractivity contribution in [2.24, 2.45) is 0 Å². The van der Waals surface area contributed by atoms with Gasteiger partial charge in [0.25, 0.3) is 0 Å². The van der Waals surface area contributed by atoms with Gasteiger partial charge >= 0.3 is 0 Å². The van der Waals surface area contributed by atoms with Gasteiger partial charge in [0.05, 0.1) is 5.60 Å². The van der Waals surface area contributed by atoms with Crippen LogP contribution >= 0.6 is 0 Å². The molecule has 3 N–H and O–H groups in total. The highest BCUT2D eigenvalue weighted by Gasteiger charge is 2.21. The fraction of sp³-hybridized carbons (Fsp3) is 1.00. The van der Waals surface area contributed by atoms with E-state index in [0.29, 0.717) is 18.6 Å². The Labute approximate surface area is 106 Å². The van der Waals surface area contributed by atoms with Crippen LogP contribution in [0.25, 0.3) is 0 Å². The minimum atomic E-state index is -0.553. The highest BCUT2D eigenvalue weighted by Crippen LogP contribution is 2.14. The van der Waals surface area contributed by atoms with Gasteiger partial charge in [-0.25, -0.2) is 0 Å². The first-order chi connectivity index (χ1) is 8.03. The number of piperidine rings is 1. The zero-order valence-electron chi connectivity index (χ0n) is 11.8. The Morgan fingerprint density at radius 2 is 2.24 bits per heavy atom. The molecule has 1 rings (SSSR count). The Hall–Kier alpha value is -0.120. The zero-order chi connectivity index (χ0) is 12.7. The molecule has 0 aliphatic carbocycles. The smallest absolute Gasteiger partial charge is 0.0743 e. The van der Waals surface area contributed by atoms with E-state index in [4.69, 9.17) is 0 Å². The van der Waals surface area contributed by atoms with Crippen LogP contribution in [0.4, 0.5) is 0 Å². The summed E-state index contributed by atoms with van der Waals surface area (Å²) >= 11 is 0. The summed E-state index contributed by atoms with van der Waals surface area (Å²) in [6.07, 6.45) is 7.06. The van der Waals surface area contributed by atoms with Gasteiger partial charge in [-0.3, -0.25) is 0 Å². The zero-order valence-corrected chi connectivity index (χ0v) is 11.8. The molecule has 3 atom stereocenters. The standard InChI is InChI=1S/C14H30N2O/c1-4-8-14(3,17)11-16-12(2)10-13-7-5-6-9-15-13/h12-13,15-17H,4-11H2,1-3H3. The van der Waals surface area contributed by atoms with Gasteiger partial charge in [0.15, 0.2) is 0 Å². The molecule has 0 spiro atoms. The fourth-order valence-electron chi connectivity index (χ4n) is 2.66. The summed E-state index contributed by atoms with van der Waals surface area (Å²) in [5.41, 5.74) is -0.553. The van der Waals surface area contributed by atoms with E-state index < -0.39 is 5.60 Å². The first-order valence-corrected chi connectivity index (χ1v) is 7.22. The molecule has 1 aliphatic rings. The average Bonchev–Trinajstić information content (AvgIpc) is 2.28. The fourth-order valence-corrected chi connectivity index (χ4v) is 2.66. The SMILES string of the molecule is CCCC(C)(O)CNC(C)CC1CCCCN1. The van der Waals surface area contributed by atoms with Crippen LogP contribution in [0.1, 0.15) is 59.3 Å². The van der Waals surface area contributed by atoms with E-state index in [1.54, 1.807) is 0 Å². The van der Waals surface area contributed by atoms with Gasteiger partial charge in [-0.05, 0) is 46.1 Å². The lowest BCUT2D eigenvalue weighted by molar-refractivity contribution is 0.0469. The van der Waals surface area contributed by atoms with Crippen LogP contribution < -0.4 is 10.6 Å². The minimum Gasteiger partial charge on any atom is -0.389 e. The highest BCUT2D eigenvalue weighted by molar-refractivity contribution is 4.80. The monoisotopic (exact) mass is 242 g/mol. The second kappa shape index (κ2) is 7.34. The molecule has 0 bridgehead atoms. The first kappa shape index (κ1) is 14.9. The molecule has 17 heavy (non-hydrogen) atoms. The number of aliphatic hydroxyl groups is 1. The summed E-state index contributed by atoms with van der Waals surface area (Å²) in [5.74, 6) is 0. The molecule has 1 aliphatic heterocycles. The Bertz CT molecular complexity index is 200. The molecule has 3 heteroatoms. The van der Waals surface area contributed by atoms with Crippen LogP contribution in [0.3, 0.4) is 0 Å². The lowest BCUT2D eigenvalue weighted by Crippen LogP contribution is -2.45. The number of hydrogen-bond donors (Lipinski definition) is 3. The maximum atomic E-state index is 10.1. The minimum absolute atomic E-state index is 0.480. The second-order valence-corrected chi connectivity index (χ2v) is 5.91. The Morgan fingerprint density at radius 1 is 1.47 bits per heavy atom. The van der Waals surface area contributed by atoms with E-state index in [0.717, 1.165) is 12.8 Å². The third kappa shape index (κ3) is 6.39. The van der Waals surface area contributed by atoms with Crippen LogP contribution in [0, 0.1) is 0 Å². The van der Waals surface area contributed by atoms with Gasteiger partial charge in [-0.2, -0.15) is 0 Å². The Balaban J connectivity index is 2.17. The van der Waals surface area contributed by atoms with Crippen molar-refractivity contribution in [3.63, 3.8) is 0 Å². The van der Waals surface area contributed by atoms with Gasteiger partial charge in [0, 0.05) is 18.6 Å². The molecule has 0 aromatic rings. The highest BCUT2D eigenvalue weighted by atomic mass is 16.3. The third-order valence-electron chi connectivity index (χ3n) is 3.67. The molecule has 1 fully saturated rings. The van der Waals surface area contributed by atoms with Crippen molar-refractivity contribution in [1.29, 1.82) is 0 Å².